The highest BCUT2D eigenvalue weighted by Crippen LogP contribution is 2.20. The number of hydrazine groups is 1. The third-order valence-electron chi connectivity index (χ3n) is 2.86. The normalized spacial score (nSPS) is 10.3. The zero-order valence-electron chi connectivity index (χ0n) is 11.4. The van der Waals surface area contributed by atoms with E-state index in [1.165, 1.54) is 16.9 Å². The fourth-order valence-corrected chi connectivity index (χ4v) is 2.67. The van der Waals surface area contributed by atoms with Crippen molar-refractivity contribution in [3.8, 4) is 5.75 Å². The molecular weight excluding hydrogens is 272 g/mol. The van der Waals surface area contributed by atoms with Crippen molar-refractivity contribution in [1.29, 1.82) is 0 Å². The van der Waals surface area contributed by atoms with E-state index in [0.717, 1.165) is 23.5 Å². The lowest BCUT2D eigenvalue weighted by Crippen LogP contribution is -2.29. The number of nitrogens with one attached hydrogen (secondary N) is 1. The fraction of sp³-hybridized carbons (Fsp3) is 0.267. The Kier molecular flexibility index (Phi) is 5.15. The highest BCUT2D eigenvalue weighted by atomic mass is 32.1. The predicted octanol–water partition coefficient (Wildman–Crippen LogP) is 2.88. The molecule has 0 unspecified atom stereocenters. The molecule has 0 atom stereocenters. The first-order valence-electron chi connectivity index (χ1n) is 6.54. The average molecular weight is 290 g/mol. The minimum Gasteiger partial charge on any atom is -0.488 e. The van der Waals surface area contributed by atoms with Crippen LogP contribution in [-0.4, -0.2) is 5.91 Å². The lowest BCUT2D eigenvalue weighted by molar-refractivity contribution is 0.0957. The molecule has 0 saturated carbocycles. The van der Waals surface area contributed by atoms with Crippen LogP contribution in [0.1, 0.15) is 33.5 Å². The van der Waals surface area contributed by atoms with Gasteiger partial charge in [0.25, 0.3) is 5.91 Å². The highest BCUT2D eigenvalue weighted by Gasteiger charge is 2.07. The molecule has 1 aromatic heterocycles. The van der Waals surface area contributed by atoms with Crippen molar-refractivity contribution in [2.45, 2.75) is 26.4 Å². The fourth-order valence-electron chi connectivity index (χ4n) is 1.84. The number of thiophene rings is 1. The van der Waals surface area contributed by atoms with Gasteiger partial charge in [0.15, 0.2) is 0 Å². The molecule has 0 fully saturated rings. The number of carbonyl (C=O) groups is 1. The maximum Gasteiger partial charge on any atom is 0.275 e. The van der Waals surface area contributed by atoms with Gasteiger partial charge in [-0.25, -0.2) is 5.84 Å². The summed E-state index contributed by atoms with van der Waals surface area (Å²) in [5.41, 5.74) is 3.43. The number of carbonyl (C=O) groups excluding carboxylic acids is 1. The lowest BCUT2D eigenvalue weighted by Gasteiger charge is -2.05. The van der Waals surface area contributed by atoms with E-state index in [-0.39, 0.29) is 5.91 Å². The monoisotopic (exact) mass is 290 g/mol. The molecule has 1 amide bonds. The van der Waals surface area contributed by atoms with Crippen molar-refractivity contribution >= 4 is 17.2 Å². The number of nitrogen functional groups attached to an aromatic ring is 1. The molecule has 0 aliphatic carbocycles. The number of hydrogen-bond donors (Lipinski definition) is 2. The molecule has 2 aromatic rings. The van der Waals surface area contributed by atoms with Crippen LogP contribution in [0.5, 0.6) is 5.75 Å². The van der Waals surface area contributed by atoms with Crippen LogP contribution in [0.3, 0.4) is 0 Å². The molecule has 4 nitrogen and oxygen atoms in total. The Balaban J connectivity index is 1.91. The minimum atomic E-state index is -0.273. The molecule has 1 heterocycles. The zero-order chi connectivity index (χ0) is 14.4. The molecule has 20 heavy (non-hydrogen) atoms. The van der Waals surface area contributed by atoms with Crippen molar-refractivity contribution in [2.75, 3.05) is 0 Å². The second-order valence-electron chi connectivity index (χ2n) is 4.42. The van der Waals surface area contributed by atoms with Crippen molar-refractivity contribution in [1.82, 2.24) is 5.43 Å². The van der Waals surface area contributed by atoms with Gasteiger partial charge in [-0.15, -0.1) is 11.3 Å². The van der Waals surface area contributed by atoms with Gasteiger partial charge >= 0.3 is 0 Å². The van der Waals surface area contributed by atoms with E-state index in [1.54, 1.807) is 6.07 Å². The third kappa shape index (κ3) is 3.82. The topological polar surface area (TPSA) is 64.3 Å². The minimum absolute atomic E-state index is 0.273. The average Bonchev–Trinajstić information content (AvgIpc) is 2.95. The molecule has 1 aromatic carbocycles. The summed E-state index contributed by atoms with van der Waals surface area (Å²) in [6.45, 7) is 2.62. The van der Waals surface area contributed by atoms with E-state index in [0.29, 0.717) is 11.5 Å². The van der Waals surface area contributed by atoms with Crippen molar-refractivity contribution < 1.29 is 9.53 Å². The number of ether oxygens (including phenoxy) is 1. The number of rotatable bonds is 6. The molecule has 5 heteroatoms. The summed E-state index contributed by atoms with van der Waals surface area (Å²) < 4.78 is 5.70. The van der Waals surface area contributed by atoms with Gasteiger partial charge in [-0.2, -0.15) is 0 Å². The summed E-state index contributed by atoms with van der Waals surface area (Å²) in [5.74, 6) is 5.66. The number of amides is 1. The van der Waals surface area contributed by atoms with Gasteiger partial charge in [-0.1, -0.05) is 25.5 Å². The first-order valence-corrected chi connectivity index (χ1v) is 7.36. The summed E-state index contributed by atoms with van der Waals surface area (Å²) in [7, 11) is 0. The van der Waals surface area contributed by atoms with E-state index in [2.05, 4.69) is 24.5 Å². The van der Waals surface area contributed by atoms with Gasteiger partial charge in [-0.3, -0.25) is 10.2 Å². The summed E-state index contributed by atoms with van der Waals surface area (Å²) in [4.78, 5) is 12.9. The predicted molar refractivity (Wildman–Crippen MR) is 80.7 cm³/mol. The Morgan fingerprint density at radius 2 is 2.00 bits per heavy atom. The molecule has 0 spiro atoms. The molecular formula is C15H18N2O2S. The number of hydrogen-bond acceptors (Lipinski definition) is 4. The number of benzene rings is 1. The van der Waals surface area contributed by atoms with E-state index in [4.69, 9.17) is 10.6 Å². The SMILES string of the molecule is CCCc1ccc(OCc2ccc(C(=O)NN)s2)cc1. The van der Waals surface area contributed by atoms with E-state index in [9.17, 15) is 4.79 Å². The Bertz CT molecular complexity index is 564. The second-order valence-corrected chi connectivity index (χ2v) is 5.59. The summed E-state index contributed by atoms with van der Waals surface area (Å²) in [6.07, 6.45) is 2.23. The Hall–Kier alpha value is -1.85. The second kappa shape index (κ2) is 7.07. The highest BCUT2D eigenvalue weighted by molar-refractivity contribution is 7.14. The van der Waals surface area contributed by atoms with Crippen LogP contribution >= 0.6 is 11.3 Å². The molecule has 106 valence electrons. The van der Waals surface area contributed by atoms with Crippen molar-refractivity contribution in [3.05, 3.63) is 51.7 Å². The summed E-state index contributed by atoms with van der Waals surface area (Å²) in [5, 5.41) is 0. The molecule has 0 aliphatic rings. The first-order chi connectivity index (χ1) is 9.72. The standard InChI is InChI=1S/C15H18N2O2S/c1-2-3-11-4-6-12(7-5-11)19-10-13-8-9-14(20-13)15(18)17-16/h4-9H,2-3,10,16H2,1H3,(H,17,18). The molecule has 0 bridgehead atoms. The van der Waals surface area contributed by atoms with Crippen LogP contribution < -0.4 is 16.0 Å². The van der Waals surface area contributed by atoms with Gasteiger partial charge in [-0.05, 0) is 36.2 Å². The molecule has 0 saturated heterocycles. The lowest BCUT2D eigenvalue weighted by atomic mass is 10.1. The summed E-state index contributed by atoms with van der Waals surface area (Å²) in [6, 6.07) is 11.7. The van der Waals surface area contributed by atoms with Gasteiger partial charge in [0.2, 0.25) is 0 Å². The number of nitrogens with two attached hydrogens (primary N) is 1. The van der Waals surface area contributed by atoms with Gasteiger partial charge in [0.1, 0.15) is 12.4 Å². The van der Waals surface area contributed by atoms with Crippen LogP contribution in [0.15, 0.2) is 36.4 Å². The van der Waals surface area contributed by atoms with Crippen molar-refractivity contribution in [2.24, 2.45) is 5.84 Å². The van der Waals surface area contributed by atoms with Crippen LogP contribution in [0.4, 0.5) is 0 Å². The zero-order valence-corrected chi connectivity index (χ0v) is 12.2. The van der Waals surface area contributed by atoms with Crippen molar-refractivity contribution in [3.63, 3.8) is 0 Å². The van der Waals surface area contributed by atoms with Crippen LogP contribution in [0, 0.1) is 0 Å². The van der Waals surface area contributed by atoms with Gasteiger partial charge in [0, 0.05) is 4.88 Å². The molecule has 3 N–H and O–H groups in total. The van der Waals surface area contributed by atoms with Gasteiger partial charge in [0.05, 0.1) is 4.88 Å². The maximum absolute atomic E-state index is 11.3. The molecule has 0 radical (unpaired) electrons. The van der Waals surface area contributed by atoms with E-state index >= 15 is 0 Å². The number of aryl methyl sites for hydroxylation is 1. The third-order valence-corrected chi connectivity index (χ3v) is 3.92. The Labute approximate surface area is 122 Å². The van der Waals surface area contributed by atoms with Gasteiger partial charge < -0.3 is 4.74 Å². The van der Waals surface area contributed by atoms with Crippen LogP contribution in [-0.2, 0) is 13.0 Å². The summed E-state index contributed by atoms with van der Waals surface area (Å²) >= 11 is 1.38. The molecule has 2 rings (SSSR count). The van der Waals surface area contributed by atoms with Crippen LogP contribution in [0.25, 0.3) is 0 Å². The Morgan fingerprint density at radius 3 is 2.65 bits per heavy atom. The first kappa shape index (κ1) is 14.6. The Morgan fingerprint density at radius 1 is 1.25 bits per heavy atom. The van der Waals surface area contributed by atoms with E-state index in [1.807, 2.05) is 18.2 Å². The quantitative estimate of drug-likeness (QED) is 0.488. The largest absolute Gasteiger partial charge is 0.488 e. The molecule has 0 aliphatic heterocycles. The van der Waals surface area contributed by atoms with Crippen LogP contribution in [0.2, 0.25) is 0 Å². The smallest absolute Gasteiger partial charge is 0.275 e. The van der Waals surface area contributed by atoms with E-state index < -0.39 is 0 Å². The maximum atomic E-state index is 11.3.